The summed E-state index contributed by atoms with van der Waals surface area (Å²) in [5, 5.41) is 8.12. The van der Waals surface area contributed by atoms with Crippen LogP contribution in [0.2, 0.25) is 10.0 Å². The van der Waals surface area contributed by atoms with E-state index in [-0.39, 0.29) is 18.7 Å². The summed E-state index contributed by atoms with van der Waals surface area (Å²) in [6.07, 6.45) is 6.09. The van der Waals surface area contributed by atoms with Gasteiger partial charge < -0.3 is 10.1 Å². The van der Waals surface area contributed by atoms with E-state index in [1.807, 2.05) is 0 Å². The topological polar surface area (TPSA) is 56.2 Å². The van der Waals surface area contributed by atoms with E-state index in [2.05, 4.69) is 17.3 Å². The molecule has 1 heterocycles. The highest BCUT2D eigenvalue weighted by molar-refractivity contribution is 6.42. The third-order valence-corrected chi connectivity index (χ3v) is 5.29. The molecule has 0 saturated heterocycles. The van der Waals surface area contributed by atoms with Crippen molar-refractivity contribution in [2.45, 2.75) is 45.4 Å². The Morgan fingerprint density at radius 1 is 1.28 bits per heavy atom. The fourth-order valence-electron chi connectivity index (χ4n) is 2.95. The highest BCUT2D eigenvalue weighted by Gasteiger charge is 2.21. The van der Waals surface area contributed by atoms with Crippen LogP contribution < -0.4 is 10.1 Å². The maximum absolute atomic E-state index is 12.3. The summed E-state index contributed by atoms with van der Waals surface area (Å²) < 4.78 is 7.16. The molecular weight excluding hydrogens is 361 g/mol. The van der Waals surface area contributed by atoms with Gasteiger partial charge in [0.15, 0.2) is 6.73 Å². The van der Waals surface area contributed by atoms with E-state index in [1.54, 1.807) is 35.1 Å². The maximum Gasteiger partial charge on any atom is 0.271 e. The molecule has 134 valence electrons. The predicted molar refractivity (Wildman–Crippen MR) is 98.2 cm³/mol. The summed E-state index contributed by atoms with van der Waals surface area (Å²) in [4.78, 5) is 12.3. The highest BCUT2D eigenvalue weighted by atomic mass is 35.5. The van der Waals surface area contributed by atoms with Crippen LogP contribution in [-0.4, -0.2) is 21.7 Å². The lowest BCUT2D eigenvalue weighted by Gasteiger charge is -2.26. The van der Waals surface area contributed by atoms with Crippen molar-refractivity contribution in [2.75, 3.05) is 0 Å². The number of benzene rings is 1. The molecule has 7 heteroatoms. The molecule has 1 aliphatic rings. The molecule has 1 aromatic carbocycles. The zero-order valence-electron chi connectivity index (χ0n) is 14.0. The molecule has 0 spiro atoms. The van der Waals surface area contributed by atoms with Gasteiger partial charge in [-0.05, 0) is 49.8 Å². The number of nitrogens with zero attached hydrogens (tertiary/aromatic N) is 2. The molecule has 2 aromatic rings. The number of halogens is 2. The number of carbonyl (C=O) groups excluding carboxylic acids is 1. The van der Waals surface area contributed by atoms with Crippen LogP contribution in [0.25, 0.3) is 0 Å². The second-order valence-electron chi connectivity index (χ2n) is 6.50. The molecule has 25 heavy (non-hydrogen) atoms. The van der Waals surface area contributed by atoms with E-state index < -0.39 is 0 Å². The predicted octanol–water partition coefficient (Wildman–Crippen LogP) is 4.53. The van der Waals surface area contributed by atoms with Crippen LogP contribution in [0.1, 0.15) is 43.1 Å². The fourth-order valence-corrected chi connectivity index (χ4v) is 3.30. The number of rotatable bonds is 5. The van der Waals surface area contributed by atoms with Gasteiger partial charge >= 0.3 is 0 Å². The Balaban J connectivity index is 1.55. The van der Waals surface area contributed by atoms with E-state index >= 15 is 0 Å². The Bertz CT molecular complexity index is 740. The third-order valence-electron chi connectivity index (χ3n) is 4.49. The lowest BCUT2D eigenvalue weighted by molar-refractivity contribution is 0.0916. The molecule has 5 nitrogen and oxygen atoms in total. The number of hydrogen-bond acceptors (Lipinski definition) is 3. The van der Waals surface area contributed by atoms with E-state index in [1.165, 1.54) is 0 Å². The monoisotopic (exact) mass is 381 g/mol. The van der Waals surface area contributed by atoms with E-state index in [4.69, 9.17) is 27.9 Å². The summed E-state index contributed by atoms with van der Waals surface area (Å²) >= 11 is 12.0. The van der Waals surface area contributed by atoms with Gasteiger partial charge in [-0.2, -0.15) is 5.10 Å². The summed E-state index contributed by atoms with van der Waals surface area (Å²) in [5.74, 6) is 1.09. The van der Waals surface area contributed by atoms with E-state index in [0.717, 1.165) is 31.6 Å². The fraction of sp³-hybridized carbons (Fsp3) is 0.444. The van der Waals surface area contributed by atoms with Crippen LogP contribution in [-0.2, 0) is 6.73 Å². The second-order valence-corrected chi connectivity index (χ2v) is 7.28. The van der Waals surface area contributed by atoms with Crippen molar-refractivity contribution < 1.29 is 9.53 Å². The van der Waals surface area contributed by atoms with Gasteiger partial charge in [-0.3, -0.25) is 4.79 Å². The first kappa shape index (κ1) is 18.1. The van der Waals surface area contributed by atoms with Crippen LogP contribution >= 0.6 is 23.2 Å². The maximum atomic E-state index is 12.3. The highest BCUT2D eigenvalue weighted by Crippen LogP contribution is 2.31. The summed E-state index contributed by atoms with van der Waals surface area (Å²) in [6, 6.07) is 7.12. The average Bonchev–Trinajstić information content (AvgIpc) is 3.07. The normalized spacial score (nSPS) is 20.3. The minimum absolute atomic E-state index is 0.140. The molecule has 0 aliphatic heterocycles. The van der Waals surface area contributed by atoms with Crippen LogP contribution in [0.15, 0.2) is 30.5 Å². The van der Waals surface area contributed by atoms with Gasteiger partial charge in [0, 0.05) is 12.2 Å². The zero-order valence-corrected chi connectivity index (χ0v) is 15.6. The number of amides is 1. The Labute approximate surface area is 157 Å². The first-order valence-electron chi connectivity index (χ1n) is 8.44. The molecule has 1 amide bonds. The van der Waals surface area contributed by atoms with Gasteiger partial charge in [-0.15, -0.1) is 0 Å². The van der Waals surface area contributed by atoms with Gasteiger partial charge in [-0.25, -0.2) is 4.68 Å². The van der Waals surface area contributed by atoms with Gasteiger partial charge in [0.1, 0.15) is 16.5 Å². The summed E-state index contributed by atoms with van der Waals surface area (Å²) in [6.45, 7) is 2.40. The van der Waals surface area contributed by atoms with E-state index in [0.29, 0.717) is 21.5 Å². The number of nitrogens with one attached hydrogen (secondary N) is 1. The Kier molecular flexibility index (Phi) is 5.86. The third kappa shape index (κ3) is 4.67. The number of carbonyl (C=O) groups is 1. The number of ether oxygens (including phenoxy) is 1. The molecule has 1 N–H and O–H groups in total. The van der Waals surface area contributed by atoms with Crippen molar-refractivity contribution >= 4 is 29.1 Å². The van der Waals surface area contributed by atoms with Crippen molar-refractivity contribution in [1.82, 2.24) is 15.1 Å². The van der Waals surface area contributed by atoms with Crippen molar-refractivity contribution in [3.05, 3.63) is 46.2 Å². The first-order valence-corrected chi connectivity index (χ1v) is 9.19. The quantitative estimate of drug-likeness (QED) is 0.826. The van der Waals surface area contributed by atoms with Crippen LogP contribution in [0.3, 0.4) is 0 Å². The minimum atomic E-state index is -0.140. The van der Waals surface area contributed by atoms with Gasteiger partial charge in [0.2, 0.25) is 0 Å². The Morgan fingerprint density at radius 2 is 2.04 bits per heavy atom. The van der Waals surface area contributed by atoms with Crippen LogP contribution in [0.5, 0.6) is 5.75 Å². The molecule has 1 aliphatic carbocycles. The zero-order chi connectivity index (χ0) is 17.8. The number of hydrogen-bond donors (Lipinski definition) is 1. The molecule has 0 unspecified atom stereocenters. The van der Waals surface area contributed by atoms with Gasteiger partial charge in [-0.1, -0.05) is 36.2 Å². The smallest absolute Gasteiger partial charge is 0.271 e. The molecule has 0 bridgehead atoms. The first-order chi connectivity index (χ1) is 12.0. The largest absolute Gasteiger partial charge is 0.470 e. The van der Waals surface area contributed by atoms with Crippen LogP contribution in [0, 0.1) is 5.92 Å². The van der Waals surface area contributed by atoms with Crippen molar-refractivity contribution in [1.29, 1.82) is 0 Å². The molecule has 0 atom stereocenters. The van der Waals surface area contributed by atoms with Crippen molar-refractivity contribution in [3.63, 3.8) is 0 Å². The molecule has 1 saturated carbocycles. The molecule has 1 fully saturated rings. The minimum Gasteiger partial charge on any atom is -0.470 e. The summed E-state index contributed by atoms with van der Waals surface area (Å²) in [7, 11) is 0. The molecule has 0 radical (unpaired) electrons. The SMILES string of the molecule is CC1CCC(NC(=O)c2ccn(COc3cccc(Cl)c3Cl)n2)CC1. The Morgan fingerprint density at radius 3 is 2.80 bits per heavy atom. The van der Waals surface area contributed by atoms with Crippen molar-refractivity contribution in [2.24, 2.45) is 5.92 Å². The second kappa shape index (κ2) is 8.11. The van der Waals surface area contributed by atoms with Gasteiger partial charge in [0.25, 0.3) is 5.91 Å². The average molecular weight is 382 g/mol. The molecule has 1 aromatic heterocycles. The lowest BCUT2D eigenvalue weighted by atomic mass is 9.87. The Hall–Kier alpha value is -1.72. The van der Waals surface area contributed by atoms with Crippen molar-refractivity contribution in [3.8, 4) is 5.75 Å². The number of aromatic nitrogens is 2. The lowest BCUT2D eigenvalue weighted by Crippen LogP contribution is -2.37. The molecular formula is C18H21Cl2N3O2. The van der Waals surface area contributed by atoms with Gasteiger partial charge in [0.05, 0.1) is 5.02 Å². The molecule has 3 rings (SSSR count). The van der Waals surface area contributed by atoms with E-state index in [9.17, 15) is 4.79 Å². The standard InChI is InChI=1S/C18H21Cl2N3O2/c1-12-5-7-13(8-6-12)21-18(24)15-9-10-23(22-15)11-25-16-4-2-3-14(19)17(16)20/h2-4,9-10,12-13H,5-8,11H2,1H3,(H,21,24). The van der Waals surface area contributed by atoms with Crippen LogP contribution in [0.4, 0.5) is 0 Å². The summed E-state index contributed by atoms with van der Waals surface area (Å²) in [5.41, 5.74) is 0.388.